The van der Waals surface area contributed by atoms with Crippen LogP contribution in [-0.2, 0) is 0 Å². The highest BCUT2D eigenvalue weighted by Crippen LogP contribution is 2.28. The smallest absolute Gasteiger partial charge is 0.253 e. The minimum absolute atomic E-state index is 0.318. The summed E-state index contributed by atoms with van der Waals surface area (Å²) in [4.78, 5) is 33.1. The van der Waals surface area contributed by atoms with E-state index in [1.807, 2.05) is 18.2 Å². The van der Waals surface area contributed by atoms with Gasteiger partial charge in [0.2, 0.25) is 0 Å². The van der Waals surface area contributed by atoms with Crippen molar-refractivity contribution in [1.29, 1.82) is 0 Å². The highest BCUT2D eigenvalue weighted by molar-refractivity contribution is 6.30. The summed E-state index contributed by atoms with van der Waals surface area (Å²) in [5, 5.41) is 0.727. The van der Waals surface area contributed by atoms with Crippen LogP contribution in [0.15, 0.2) is 33.9 Å². The molecule has 4 rings (SSSR count). The highest BCUT2D eigenvalue weighted by Gasteiger charge is 2.32. The second-order valence-electron chi connectivity index (χ2n) is 7.10. The Bertz CT molecular complexity index is 861. The molecular formula is C19H23ClN4O2. The van der Waals surface area contributed by atoms with Crippen molar-refractivity contribution in [2.45, 2.75) is 0 Å². The summed E-state index contributed by atoms with van der Waals surface area (Å²) in [6.45, 7) is 6.52. The molecule has 0 N–H and O–H groups in total. The van der Waals surface area contributed by atoms with E-state index >= 15 is 0 Å². The van der Waals surface area contributed by atoms with Crippen molar-refractivity contribution in [3.8, 4) is 0 Å². The Morgan fingerprint density at radius 1 is 0.769 bits per heavy atom. The van der Waals surface area contributed by atoms with E-state index in [0.29, 0.717) is 11.4 Å². The van der Waals surface area contributed by atoms with Gasteiger partial charge < -0.3 is 19.6 Å². The van der Waals surface area contributed by atoms with Crippen molar-refractivity contribution in [1.82, 2.24) is 4.90 Å². The molecule has 2 saturated heterocycles. The number of rotatable bonds is 3. The minimum Gasteiger partial charge on any atom is -0.368 e. The number of anilines is 3. The Kier molecular flexibility index (Phi) is 4.63. The fourth-order valence-electron chi connectivity index (χ4n) is 3.85. The van der Waals surface area contributed by atoms with Crippen LogP contribution >= 0.6 is 11.6 Å². The van der Waals surface area contributed by atoms with Crippen LogP contribution in [0.5, 0.6) is 0 Å². The van der Waals surface area contributed by atoms with Crippen molar-refractivity contribution in [3.63, 3.8) is 0 Å². The van der Waals surface area contributed by atoms with Gasteiger partial charge >= 0.3 is 0 Å². The van der Waals surface area contributed by atoms with Crippen LogP contribution in [0.4, 0.5) is 17.1 Å². The van der Waals surface area contributed by atoms with Crippen LogP contribution in [0.1, 0.15) is 0 Å². The quantitative estimate of drug-likeness (QED) is 0.747. The van der Waals surface area contributed by atoms with E-state index in [4.69, 9.17) is 11.6 Å². The zero-order valence-electron chi connectivity index (χ0n) is 14.9. The van der Waals surface area contributed by atoms with Gasteiger partial charge in [0.25, 0.3) is 10.9 Å². The van der Waals surface area contributed by atoms with Gasteiger partial charge in [-0.15, -0.1) is 0 Å². The molecule has 0 bridgehead atoms. The molecule has 0 unspecified atom stereocenters. The summed E-state index contributed by atoms with van der Waals surface area (Å²) < 4.78 is 0. The van der Waals surface area contributed by atoms with Crippen molar-refractivity contribution in [2.75, 3.05) is 74.1 Å². The molecule has 0 radical (unpaired) electrons. The molecule has 2 heterocycles. The number of hydrogen-bond donors (Lipinski definition) is 0. The minimum atomic E-state index is -0.324. The summed E-state index contributed by atoms with van der Waals surface area (Å²) in [5.74, 6) is 0. The first-order chi connectivity index (χ1) is 12.5. The van der Waals surface area contributed by atoms with Crippen LogP contribution in [0.2, 0.25) is 5.02 Å². The third kappa shape index (κ3) is 3.08. The monoisotopic (exact) mass is 374 g/mol. The Morgan fingerprint density at radius 3 is 1.81 bits per heavy atom. The van der Waals surface area contributed by atoms with E-state index in [2.05, 4.69) is 32.7 Å². The summed E-state index contributed by atoms with van der Waals surface area (Å²) in [6, 6.07) is 7.83. The Labute approximate surface area is 157 Å². The van der Waals surface area contributed by atoms with Crippen LogP contribution < -0.4 is 25.6 Å². The molecule has 2 aliphatic heterocycles. The van der Waals surface area contributed by atoms with Crippen LogP contribution in [0, 0.1) is 0 Å². The lowest BCUT2D eigenvalue weighted by molar-refractivity contribution is 0.312. The van der Waals surface area contributed by atoms with Gasteiger partial charge in [-0.1, -0.05) is 17.7 Å². The number of piperazine rings is 2. The third-order valence-electron chi connectivity index (χ3n) is 5.45. The van der Waals surface area contributed by atoms with Gasteiger partial charge in [-0.25, -0.2) is 0 Å². The molecule has 138 valence electrons. The highest BCUT2D eigenvalue weighted by atomic mass is 35.5. The van der Waals surface area contributed by atoms with Gasteiger partial charge in [-0.3, -0.25) is 9.59 Å². The van der Waals surface area contributed by atoms with Crippen molar-refractivity contribution >= 4 is 28.7 Å². The number of benzene rings is 1. The number of hydrogen-bond acceptors (Lipinski definition) is 6. The average molecular weight is 375 g/mol. The SMILES string of the molecule is CN1CCN(c2c(N3CCN(c4cccc(Cl)c4)CC3)c(=O)c2=O)CC1. The maximum atomic E-state index is 12.3. The fourth-order valence-corrected chi connectivity index (χ4v) is 4.03. The molecule has 0 atom stereocenters. The maximum Gasteiger partial charge on any atom is 0.253 e. The molecule has 0 saturated carbocycles. The lowest BCUT2D eigenvalue weighted by Crippen LogP contribution is -2.55. The number of likely N-dealkylation sites (N-methyl/N-ethyl adjacent to an activating group) is 1. The zero-order valence-corrected chi connectivity index (χ0v) is 15.7. The first-order valence-electron chi connectivity index (χ1n) is 9.07. The Hall–Kier alpha value is -2.05. The maximum absolute atomic E-state index is 12.3. The summed E-state index contributed by atoms with van der Waals surface area (Å²) in [6.07, 6.45) is 0. The topological polar surface area (TPSA) is 47.1 Å². The third-order valence-corrected chi connectivity index (χ3v) is 5.68. The predicted molar refractivity (Wildman–Crippen MR) is 107 cm³/mol. The summed E-state index contributed by atoms with van der Waals surface area (Å²) in [5.41, 5.74) is 1.72. The molecule has 6 nitrogen and oxygen atoms in total. The molecule has 26 heavy (non-hydrogen) atoms. The average Bonchev–Trinajstić information content (AvgIpc) is 2.66. The number of nitrogens with zero attached hydrogens (tertiary/aromatic N) is 4. The largest absolute Gasteiger partial charge is 0.368 e. The van der Waals surface area contributed by atoms with Gasteiger partial charge in [0.1, 0.15) is 11.4 Å². The van der Waals surface area contributed by atoms with Crippen LogP contribution in [-0.4, -0.2) is 64.3 Å². The molecule has 2 aromatic carbocycles. The molecule has 0 aliphatic carbocycles. The zero-order chi connectivity index (χ0) is 18.3. The predicted octanol–water partition coefficient (Wildman–Crippen LogP) is 1.01. The normalized spacial score (nSPS) is 19.4. The lowest BCUT2D eigenvalue weighted by atomic mass is 10.1. The fraction of sp³-hybridized carbons (Fsp3) is 0.474. The van der Waals surface area contributed by atoms with E-state index in [-0.39, 0.29) is 10.9 Å². The standard InChI is InChI=1S/C19H23ClN4O2/c1-21-5-7-23(8-6-21)16-17(19(26)18(16)25)24-11-9-22(10-12-24)15-4-2-3-14(20)13-15/h2-4,13H,5-12H2,1H3. The van der Waals surface area contributed by atoms with Gasteiger partial charge in [0.05, 0.1) is 0 Å². The van der Waals surface area contributed by atoms with Gasteiger partial charge in [-0.2, -0.15) is 0 Å². The van der Waals surface area contributed by atoms with E-state index < -0.39 is 0 Å². The van der Waals surface area contributed by atoms with Gasteiger partial charge in [0.15, 0.2) is 0 Å². The molecule has 2 aliphatic rings. The van der Waals surface area contributed by atoms with Gasteiger partial charge in [0, 0.05) is 63.1 Å². The molecule has 0 spiro atoms. The van der Waals surface area contributed by atoms with Gasteiger partial charge in [-0.05, 0) is 25.2 Å². The van der Waals surface area contributed by atoms with Crippen molar-refractivity contribution < 1.29 is 0 Å². The van der Waals surface area contributed by atoms with Crippen molar-refractivity contribution in [2.24, 2.45) is 0 Å². The second-order valence-corrected chi connectivity index (χ2v) is 7.54. The van der Waals surface area contributed by atoms with E-state index in [9.17, 15) is 9.59 Å². The van der Waals surface area contributed by atoms with E-state index in [1.165, 1.54) is 0 Å². The summed E-state index contributed by atoms with van der Waals surface area (Å²) >= 11 is 6.09. The second kappa shape index (κ2) is 6.93. The Morgan fingerprint density at radius 2 is 1.27 bits per heavy atom. The molecular weight excluding hydrogens is 352 g/mol. The lowest BCUT2D eigenvalue weighted by Gasteiger charge is -2.41. The molecule has 2 fully saturated rings. The van der Waals surface area contributed by atoms with E-state index in [0.717, 1.165) is 63.1 Å². The van der Waals surface area contributed by atoms with E-state index in [1.54, 1.807) is 0 Å². The number of halogens is 1. The van der Waals surface area contributed by atoms with Crippen LogP contribution in [0.3, 0.4) is 0 Å². The first kappa shape index (κ1) is 17.4. The first-order valence-corrected chi connectivity index (χ1v) is 9.44. The molecule has 0 aromatic heterocycles. The summed E-state index contributed by atoms with van der Waals surface area (Å²) in [7, 11) is 2.08. The molecule has 0 amide bonds. The van der Waals surface area contributed by atoms with Crippen molar-refractivity contribution in [3.05, 3.63) is 49.7 Å². The Balaban J connectivity index is 1.48. The molecule has 7 heteroatoms. The van der Waals surface area contributed by atoms with Crippen LogP contribution in [0.25, 0.3) is 0 Å². The molecule has 2 aromatic rings.